The van der Waals surface area contributed by atoms with Crippen LogP contribution in [0.25, 0.3) is 11.0 Å². The lowest BCUT2D eigenvalue weighted by molar-refractivity contribution is 0.0177. The topological polar surface area (TPSA) is 80.5 Å². The van der Waals surface area contributed by atoms with Crippen molar-refractivity contribution in [3.8, 4) is 5.75 Å². The van der Waals surface area contributed by atoms with Crippen LogP contribution in [0.4, 0.5) is 4.79 Å². The molecule has 0 unspecified atom stereocenters. The maximum Gasteiger partial charge on any atom is 0.410 e. The third-order valence-corrected chi connectivity index (χ3v) is 4.19. The van der Waals surface area contributed by atoms with Crippen molar-refractivity contribution in [2.75, 3.05) is 13.1 Å². The van der Waals surface area contributed by atoms with Crippen LogP contribution in [-0.4, -0.2) is 49.8 Å². The van der Waals surface area contributed by atoms with Crippen LogP contribution in [0.5, 0.6) is 5.75 Å². The first-order valence-corrected chi connectivity index (χ1v) is 8.32. The highest BCUT2D eigenvalue weighted by atomic mass is 16.6. The molecule has 1 fully saturated rings. The molecule has 1 saturated heterocycles. The largest absolute Gasteiger partial charge is 0.508 e. The number of phenols is 1. The van der Waals surface area contributed by atoms with E-state index >= 15 is 0 Å². The lowest BCUT2D eigenvalue weighted by Gasteiger charge is -2.33. The van der Waals surface area contributed by atoms with E-state index in [4.69, 9.17) is 4.74 Å². The molecule has 1 aliphatic rings. The number of fused-ring (bicyclic) bond motifs is 1. The molecule has 130 valence electrons. The second-order valence-electron chi connectivity index (χ2n) is 7.36. The normalized spacial score (nSPS) is 16.5. The molecule has 3 rings (SSSR count). The zero-order chi connectivity index (χ0) is 17.3. The lowest BCUT2D eigenvalue weighted by atomic mass is 9.97. The van der Waals surface area contributed by atoms with Crippen molar-refractivity contribution in [3.63, 3.8) is 0 Å². The molecule has 0 bridgehead atoms. The van der Waals surface area contributed by atoms with Crippen LogP contribution >= 0.6 is 0 Å². The SMILES string of the molecule is CC(C)(C)OC(=O)N1CCC(Cn2nnc3ccc(O)cc32)CC1. The summed E-state index contributed by atoms with van der Waals surface area (Å²) in [4.78, 5) is 13.9. The number of carbonyl (C=O) groups excluding carboxylic acids is 1. The second kappa shape index (κ2) is 6.30. The van der Waals surface area contributed by atoms with Crippen LogP contribution in [0, 0.1) is 5.92 Å². The van der Waals surface area contributed by atoms with Crippen molar-refractivity contribution >= 4 is 17.1 Å². The number of benzene rings is 1. The summed E-state index contributed by atoms with van der Waals surface area (Å²) in [5.41, 5.74) is 1.15. The van der Waals surface area contributed by atoms with E-state index in [0.717, 1.165) is 30.4 Å². The fourth-order valence-electron chi connectivity index (χ4n) is 2.96. The zero-order valence-corrected chi connectivity index (χ0v) is 14.4. The van der Waals surface area contributed by atoms with Crippen molar-refractivity contribution in [2.24, 2.45) is 5.92 Å². The van der Waals surface area contributed by atoms with E-state index in [-0.39, 0.29) is 11.8 Å². The van der Waals surface area contributed by atoms with Crippen molar-refractivity contribution in [3.05, 3.63) is 18.2 Å². The first-order valence-electron chi connectivity index (χ1n) is 8.32. The van der Waals surface area contributed by atoms with Gasteiger partial charge in [-0.2, -0.15) is 0 Å². The van der Waals surface area contributed by atoms with Crippen LogP contribution < -0.4 is 0 Å². The van der Waals surface area contributed by atoms with Gasteiger partial charge in [0, 0.05) is 25.7 Å². The number of hydrogen-bond donors (Lipinski definition) is 1. The number of aromatic hydroxyl groups is 1. The average molecular weight is 332 g/mol. The predicted molar refractivity (Wildman–Crippen MR) is 89.7 cm³/mol. The summed E-state index contributed by atoms with van der Waals surface area (Å²) in [7, 11) is 0. The maximum atomic E-state index is 12.1. The molecule has 7 nitrogen and oxygen atoms in total. The Labute approximate surface area is 141 Å². The first-order chi connectivity index (χ1) is 11.3. The minimum Gasteiger partial charge on any atom is -0.508 e. The second-order valence-corrected chi connectivity index (χ2v) is 7.36. The Hall–Kier alpha value is -2.31. The Kier molecular flexibility index (Phi) is 4.34. The summed E-state index contributed by atoms with van der Waals surface area (Å²) in [5, 5.41) is 18.0. The van der Waals surface area contributed by atoms with Crippen LogP contribution in [0.1, 0.15) is 33.6 Å². The van der Waals surface area contributed by atoms with Crippen molar-refractivity contribution in [1.29, 1.82) is 0 Å². The van der Waals surface area contributed by atoms with Gasteiger partial charge < -0.3 is 14.7 Å². The summed E-state index contributed by atoms with van der Waals surface area (Å²) in [5.74, 6) is 0.640. The Morgan fingerprint density at radius 2 is 2.04 bits per heavy atom. The van der Waals surface area contributed by atoms with Crippen LogP contribution in [0.3, 0.4) is 0 Å². The highest BCUT2D eigenvalue weighted by Gasteiger charge is 2.27. The third-order valence-electron chi connectivity index (χ3n) is 4.19. The van der Waals surface area contributed by atoms with Gasteiger partial charge in [-0.05, 0) is 51.7 Å². The smallest absolute Gasteiger partial charge is 0.410 e. The number of rotatable bonds is 2. The molecule has 0 saturated carbocycles. The van der Waals surface area contributed by atoms with Gasteiger partial charge in [-0.15, -0.1) is 5.10 Å². The van der Waals surface area contributed by atoms with E-state index in [1.54, 1.807) is 23.1 Å². The van der Waals surface area contributed by atoms with Crippen LogP contribution in [-0.2, 0) is 11.3 Å². The molecule has 0 radical (unpaired) electrons. The first kappa shape index (κ1) is 16.5. The molecular formula is C17H24N4O3. The summed E-state index contributed by atoms with van der Waals surface area (Å²) in [6.07, 6.45) is 1.57. The number of amides is 1. The number of hydrogen-bond acceptors (Lipinski definition) is 5. The van der Waals surface area contributed by atoms with Gasteiger partial charge >= 0.3 is 6.09 Å². The number of piperidine rings is 1. The number of aromatic nitrogens is 3. The van der Waals surface area contributed by atoms with E-state index in [0.29, 0.717) is 19.0 Å². The molecule has 2 heterocycles. The highest BCUT2D eigenvalue weighted by Crippen LogP contribution is 2.23. The summed E-state index contributed by atoms with van der Waals surface area (Å²) < 4.78 is 7.26. The number of phenolic OH excluding ortho intramolecular Hbond substituents is 1. The van der Waals surface area contributed by atoms with Crippen LogP contribution in [0.2, 0.25) is 0 Å². The molecule has 2 aromatic rings. The molecule has 24 heavy (non-hydrogen) atoms. The third kappa shape index (κ3) is 3.77. The van der Waals surface area contributed by atoms with Gasteiger partial charge in [-0.25, -0.2) is 9.48 Å². The Bertz CT molecular complexity index is 727. The number of carbonyl (C=O) groups is 1. The summed E-state index contributed by atoms with van der Waals surface area (Å²) in [6.45, 7) is 7.76. The Morgan fingerprint density at radius 1 is 1.33 bits per heavy atom. The molecule has 0 aliphatic carbocycles. The summed E-state index contributed by atoms with van der Waals surface area (Å²) >= 11 is 0. The Balaban J connectivity index is 1.59. The van der Waals surface area contributed by atoms with Crippen LogP contribution in [0.15, 0.2) is 18.2 Å². The van der Waals surface area contributed by atoms with Crippen molar-refractivity contribution in [2.45, 2.75) is 45.8 Å². The molecule has 1 N–H and O–H groups in total. The fourth-order valence-corrected chi connectivity index (χ4v) is 2.96. The van der Waals surface area contributed by atoms with E-state index in [1.165, 1.54) is 0 Å². The minimum atomic E-state index is -0.463. The van der Waals surface area contributed by atoms with Gasteiger partial charge in [0.1, 0.15) is 16.9 Å². The monoisotopic (exact) mass is 332 g/mol. The molecular weight excluding hydrogens is 308 g/mol. The van der Waals surface area contributed by atoms with Gasteiger partial charge in [-0.1, -0.05) is 5.21 Å². The predicted octanol–water partition coefficient (Wildman–Crippen LogP) is 2.78. The highest BCUT2D eigenvalue weighted by molar-refractivity contribution is 5.75. The van der Waals surface area contributed by atoms with Gasteiger partial charge in [0.15, 0.2) is 0 Å². The van der Waals surface area contributed by atoms with Gasteiger partial charge in [-0.3, -0.25) is 0 Å². The van der Waals surface area contributed by atoms with E-state index in [2.05, 4.69) is 10.3 Å². The molecule has 1 aromatic carbocycles. The number of nitrogens with zero attached hydrogens (tertiary/aromatic N) is 4. The molecule has 0 spiro atoms. The summed E-state index contributed by atoms with van der Waals surface area (Å²) in [6, 6.07) is 5.06. The standard InChI is InChI=1S/C17H24N4O3/c1-17(2,3)24-16(23)20-8-6-12(7-9-20)11-21-15-10-13(22)4-5-14(15)18-19-21/h4-5,10,12,22H,6-9,11H2,1-3H3. The van der Waals surface area contributed by atoms with E-state index in [9.17, 15) is 9.90 Å². The van der Waals surface area contributed by atoms with Gasteiger partial charge in [0.2, 0.25) is 0 Å². The Morgan fingerprint density at radius 3 is 2.71 bits per heavy atom. The van der Waals surface area contributed by atoms with E-state index in [1.807, 2.05) is 25.5 Å². The molecule has 7 heteroatoms. The zero-order valence-electron chi connectivity index (χ0n) is 14.4. The molecule has 1 aromatic heterocycles. The number of likely N-dealkylation sites (tertiary alicyclic amines) is 1. The fraction of sp³-hybridized carbons (Fsp3) is 0.588. The van der Waals surface area contributed by atoms with E-state index < -0.39 is 5.60 Å². The van der Waals surface area contributed by atoms with Gasteiger partial charge in [0.05, 0.1) is 5.52 Å². The average Bonchev–Trinajstić information content (AvgIpc) is 2.88. The number of ether oxygens (including phenoxy) is 1. The van der Waals surface area contributed by atoms with Crippen molar-refractivity contribution in [1.82, 2.24) is 19.9 Å². The molecule has 1 amide bonds. The van der Waals surface area contributed by atoms with Crippen molar-refractivity contribution < 1.29 is 14.6 Å². The minimum absolute atomic E-state index is 0.214. The quantitative estimate of drug-likeness (QED) is 0.914. The van der Waals surface area contributed by atoms with Gasteiger partial charge in [0.25, 0.3) is 0 Å². The molecule has 1 aliphatic heterocycles. The maximum absolute atomic E-state index is 12.1. The molecule has 0 atom stereocenters. The lowest BCUT2D eigenvalue weighted by Crippen LogP contribution is -2.42.